The molecule has 13 heavy (non-hydrogen) atoms. The van der Waals surface area contributed by atoms with Gasteiger partial charge >= 0.3 is 0 Å². The van der Waals surface area contributed by atoms with E-state index in [9.17, 15) is 20.4 Å². The lowest BCUT2D eigenvalue weighted by atomic mass is 9.93. The minimum Gasteiger partial charge on any atom is -0.391 e. The van der Waals surface area contributed by atoms with Gasteiger partial charge in [-0.2, -0.15) is 0 Å². The van der Waals surface area contributed by atoms with Crippen LogP contribution < -0.4 is 0 Å². The van der Waals surface area contributed by atoms with Gasteiger partial charge in [-0.05, 0) is 6.42 Å². The van der Waals surface area contributed by atoms with Crippen LogP contribution in [0.5, 0.6) is 0 Å². The molecule has 0 aliphatic carbocycles. The maximum absolute atomic E-state index is 9.58. The van der Waals surface area contributed by atoms with E-state index in [1.54, 1.807) is 0 Å². The van der Waals surface area contributed by atoms with Crippen LogP contribution in [0.3, 0.4) is 0 Å². The molecule has 5 nitrogen and oxygen atoms in total. The van der Waals surface area contributed by atoms with Crippen LogP contribution in [-0.4, -0.2) is 68.9 Å². The van der Waals surface area contributed by atoms with E-state index in [2.05, 4.69) is 0 Å². The number of piperidine rings is 1. The summed E-state index contributed by atoms with van der Waals surface area (Å²) in [5, 5.41) is 37.8. The molecule has 2 saturated heterocycles. The quantitative estimate of drug-likeness (QED) is 0.339. The molecule has 5 heteroatoms. The van der Waals surface area contributed by atoms with Crippen molar-refractivity contribution in [1.82, 2.24) is 4.90 Å². The second kappa shape index (κ2) is 3.18. The van der Waals surface area contributed by atoms with E-state index < -0.39 is 30.5 Å². The predicted octanol–water partition coefficient (Wildman–Crippen LogP) is -2.48. The Hall–Kier alpha value is -0.200. The van der Waals surface area contributed by atoms with Crippen LogP contribution in [0.4, 0.5) is 0 Å². The van der Waals surface area contributed by atoms with E-state index in [0.717, 1.165) is 0 Å². The average Bonchev–Trinajstić information content (AvgIpc) is 2.43. The van der Waals surface area contributed by atoms with Crippen LogP contribution in [0.1, 0.15) is 6.42 Å². The fourth-order valence-electron chi connectivity index (χ4n) is 2.30. The monoisotopic (exact) mass is 189 g/mol. The number of nitrogens with zero attached hydrogens (tertiary/aromatic N) is 1. The molecule has 2 aliphatic rings. The highest BCUT2D eigenvalue weighted by Crippen LogP contribution is 2.27. The lowest BCUT2D eigenvalue weighted by Crippen LogP contribution is -2.61. The van der Waals surface area contributed by atoms with Crippen molar-refractivity contribution in [1.29, 1.82) is 0 Å². The van der Waals surface area contributed by atoms with Gasteiger partial charge in [-0.25, -0.2) is 0 Å². The molecule has 4 N–H and O–H groups in total. The first-order valence-corrected chi connectivity index (χ1v) is 4.57. The zero-order valence-corrected chi connectivity index (χ0v) is 7.24. The molecule has 0 amide bonds. The summed E-state index contributed by atoms with van der Waals surface area (Å²) in [6.45, 7) is 1.01. The molecular weight excluding hydrogens is 174 g/mol. The molecular formula is C8H15NO4. The van der Waals surface area contributed by atoms with Gasteiger partial charge in [0.2, 0.25) is 0 Å². The van der Waals surface area contributed by atoms with E-state index >= 15 is 0 Å². The Morgan fingerprint density at radius 2 is 1.62 bits per heavy atom. The molecule has 2 rings (SSSR count). The maximum Gasteiger partial charge on any atom is 0.109 e. The van der Waals surface area contributed by atoms with Gasteiger partial charge in [-0.3, -0.25) is 4.90 Å². The molecule has 0 radical (unpaired) electrons. The number of hydrogen-bond donors (Lipinski definition) is 4. The van der Waals surface area contributed by atoms with Gasteiger partial charge in [-0.15, -0.1) is 0 Å². The van der Waals surface area contributed by atoms with Crippen molar-refractivity contribution in [3.05, 3.63) is 0 Å². The Balaban J connectivity index is 2.15. The second-order valence-corrected chi connectivity index (χ2v) is 3.89. The van der Waals surface area contributed by atoms with Crippen molar-refractivity contribution < 1.29 is 20.4 Å². The SMILES string of the molecule is O[C@H]1[C@H](O)CN2CC[C@H](O)C2[C@H]1O. The van der Waals surface area contributed by atoms with E-state index in [1.165, 1.54) is 0 Å². The van der Waals surface area contributed by atoms with Crippen LogP contribution in [0.25, 0.3) is 0 Å². The van der Waals surface area contributed by atoms with E-state index in [-0.39, 0.29) is 0 Å². The molecule has 76 valence electrons. The molecule has 0 saturated carbocycles. The third-order valence-electron chi connectivity index (χ3n) is 3.04. The molecule has 0 aromatic carbocycles. The van der Waals surface area contributed by atoms with Crippen molar-refractivity contribution in [2.24, 2.45) is 0 Å². The summed E-state index contributed by atoms with van der Waals surface area (Å²) < 4.78 is 0. The lowest BCUT2D eigenvalue weighted by molar-refractivity contribution is -0.140. The molecule has 0 bridgehead atoms. The third-order valence-corrected chi connectivity index (χ3v) is 3.04. The van der Waals surface area contributed by atoms with E-state index in [4.69, 9.17) is 0 Å². The van der Waals surface area contributed by atoms with Crippen molar-refractivity contribution in [2.75, 3.05) is 13.1 Å². The zero-order valence-electron chi connectivity index (χ0n) is 7.24. The van der Waals surface area contributed by atoms with Crippen molar-refractivity contribution >= 4 is 0 Å². The summed E-state index contributed by atoms with van der Waals surface area (Å²) in [5.41, 5.74) is 0. The molecule has 2 heterocycles. The van der Waals surface area contributed by atoms with Crippen molar-refractivity contribution in [3.8, 4) is 0 Å². The number of aliphatic hydroxyl groups excluding tert-OH is 4. The molecule has 1 unspecified atom stereocenters. The average molecular weight is 189 g/mol. The Morgan fingerprint density at radius 3 is 2.31 bits per heavy atom. The van der Waals surface area contributed by atoms with Gasteiger partial charge in [0.05, 0.1) is 18.2 Å². The number of rotatable bonds is 0. The van der Waals surface area contributed by atoms with Gasteiger partial charge < -0.3 is 20.4 Å². The summed E-state index contributed by atoms with van der Waals surface area (Å²) in [6, 6.07) is -0.404. The van der Waals surface area contributed by atoms with E-state index in [1.807, 2.05) is 4.90 Å². The summed E-state index contributed by atoms with van der Waals surface area (Å²) >= 11 is 0. The first kappa shape index (κ1) is 9.36. The second-order valence-electron chi connectivity index (χ2n) is 3.89. The van der Waals surface area contributed by atoms with Crippen LogP contribution in [0.15, 0.2) is 0 Å². The highest BCUT2D eigenvalue weighted by molar-refractivity contribution is 5.01. The summed E-state index contributed by atoms with van der Waals surface area (Å²) in [5.74, 6) is 0. The fourth-order valence-corrected chi connectivity index (χ4v) is 2.30. The predicted molar refractivity (Wildman–Crippen MR) is 44.0 cm³/mol. The molecule has 5 atom stereocenters. The minimum absolute atomic E-state index is 0.333. The zero-order chi connectivity index (χ0) is 9.59. The largest absolute Gasteiger partial charge is 0.391 e. The van der Waals surface area contributed by atoms with Gasteiger partial charge in [0.1, 0.15) is 12.2 Å². The van der Waals surface area contributed by atoms with Crippen LogP contribution >= 0.6 is 0 Å². The van der Waals surface area contributed by atoms with Crippen LogP contribution in [-0.2, 0) is 0 Å². The topological polar surface area (TPSA) is 84.2 Å². The van der Waals surface area contributed by atoms with Gasteiger partial charge in [0.25, 0.3) is 0 Å². The number of aliphatic hydroxyl groups is 4. The first-order valence-electron chi connectivity index (χ1n) is 4.57. The Labute approximate surface area is 76.2 Å². The molecule has 2 aliphatic heterocycles. The smallest absolute Gasteiger partial charge is 0.109 e. The van der Waals surface area contributed by atoms with Gasteiger partial charge in [0.15, 0.2) is 0 Å². The van der Waals surface area contributed by atoms with Crippen LogP contribution in [0.2, 0.25) is 0 Å². The standard InChI is InChI=1S/C8H15NO4/c10-4-1-2-9-3-5(11)7(12)8(13)6(4)9/h4-8,10-13H,1-3H2/t4-,5+,6?,7-,8+/m0/s1. The summed E-state index contributed by atoms with van der Waals surface area (Å²) in [6.07, 6.45) is -3.06. The molecule has 0 aromatic heterocycles. The molecule has 0 aromatic rings. The van der Waals surface area contributed by atoms with E-state index in [0.29, 0.717) is 19.5 Å². The maximum atomic E-state index is 9.58. The third kappa shape index (κ3) is 1.37. The summed E-state index contributed by atoms with van der Waals surface area (Å²) in [7, 11) is 0. The fraction of sp³-hybridized carbons (Fsp3) is 1.00. The highest BCUT2D eigenvalue weighted by Gasteiger charge is 2.47. The Morgan fingerprint density at radius 1 is 0.923 bits per heavy atom. The van der Waals surface area contributed by atoms with Gasteiger partial charge in [0, 0.05) is 13.1 Å². The Bertz CT molecular complexity index is 201. The highest BCUT2D eigenvalue weighted by atomic mass is 16.4. The minimum atomic E-state index is -1.13. The normalized spacial score (nSPS) is 52.2. The molecule has 2 fully saturated rings. The first-order chi connectivity index (χ1) is 6.11. The van der Waals surface area contributed by atoms with Crippen molar-refractivity contribution in [2.45, 2.75) is 36.9 Å². The van der Waals surface area contributed by atoms with Crippen molar-refractivity contribution in [3.63, 3.8) is 0 Å². The van der Waals surface area contributed by atoms with Gasteiger partial charge in [-0.1, -0.05) is 0 Å². The lowest BCUT2D eigenvalue weighted by Gasteiger charge is -2.40. The molecule has 0 spiro atoms. The van der Waals surface area contributed by atoms with Crippen LogP contribution in [0, 0.1) is 0 Å². The number of fused-ring (bicyclic) bond motifs is 1. The number of hydrogen-bond acceptors (Lipinski definition) is 5. The summed E-state index contributed by atoms with van der Waals surface area (Å²) in [4.78, 5) is 1.83. The Kier molecular flexibility index (Phi) is 2.29.